The third-order valence-electron chi connectivity index (χ3n) is 2.38. The lowest BCUT2D eigenvalue weighted by Crippen LogP contribution is -1.99. The molecule has 0 aliphatic heterocycles. The number of thioether (sulfide) groups is 1. The number of nitriles is 1. The number of carbonyl (C=O) groups is 1. The number of carboxylic acids is 1. The molecule has 1 aromatic carbocycles. The molecule has 19 heavy (non-hydrogen) atoms. The Morgan fingerprint density at radius 2 is 2.00 bits per heavy atom. The quantitative estimate of drug-likeness (QED) is 0.865. The highest BCUT2D eigenvalue weighted by Crippen LogP contribution is 2.24. The van der Waals surface area contributed by atoms with Crippen molar-refractivity contribution in [3.63, 3.8) is 0 Å². The Morgan fingerprint density at radius 3 is 2.63 bits per heavy atom. The molecule has 0 bridgehead atoms. The van der Waals surface area contributed by atoms with Gasteiger partial charge in [-0.05, 0) is 12.1 Å². The van der Waals surface area contributed by atoms with Crippen LogP contribution in [0.25, 0.3) is 11.3 Å². The Morgan fingerprint density at radius 1 is 1.26 bits per heavy atom. The molecule has 1 heterocycles. The number of aliphatic carboxylic acids is 1. The van der Waals surface area contributed by atoms with Crippen molar-refractivity contribution in [1.82, 2.24) is 4.98 Å². The number of rotatable bonds is 4. The smallest absolute Gasteiger partial charge is 0.313 e. The zero-order valence-electron chi connectivity index (χ0n) is 9.91. The molecule has 4 nitrogen and oxygen atoms in total. The van der Waals surface area contributed by atoms with Gasteiger partial charge in [0, 0.05) is 5.56 Å². The molecule has 0 amide bonds. The average molecular weight is 270 g/mol. The molecule has 0 radical (unpaired) electrons. The van der Waals surface area contributed by atoms with Gasteiger partial charge in [0.15, 0.2) is 0 Å². The molecule has 5 heteroatoms. The van der Waals surface area contributed by atoms with Gasteiger partial charge in [-0.15, -0.1) is 0 Å². The molecule has 0 saturated carbocycles. The zero-order chi connectivity index (χ0) is 13.7. The SMILES string of the molecule is N#Cc1ccc(-c2ccccc2)nc1SCC(=O)O. The Hall–Kier alpha value is -2.32. The minimum absolute atomic E-state index is 0.111. The summed E-state index contributed by atoms with van der Waals surface area (Å²) in [5, 5.41) is 18.1. The van der Waals surface area contributed by atoms with E-state index in [9.17, 15) is 4.79 Å². The lowest BCUT2D eigenvalue weighted by Gasteiger charge is -2.05. The van der Waals surface area contributed by atoms with Crippen molar-refractivity contribution in [2.45, 2.75) is 5.03 Å². The maximum Gasteiger partial charge on any atom is 0.313 e. The monoisotopic (exact) mass is 270 g/mol. The van der Waals surface area contributed by atoms with E-state index in [1.807, 2.05) is 36.4 Å². The van der Waals surface area contributed by atoms with Gasteiger partial charge in [-0.2, -0.15) is 5.26 Å². The molecule has 2 aromatic rings. The summed E-state index contributed by atoms with van der Waals surface area (Å²) < 4.78 is 0. The van der Waals surface area contributed by atoms with Crippen LogP contribution in [0.15, 0.2) is 47.5 Å². The van der Waals surface area contributed by atoms with Gasteiger partial charge in [0.1, 0.15) is 11.1 Å². The first-order valence-electron chi connectivity index (χ1n) is 5.52. The molecule has 0 saturated heterocycles. The summed E-state index contributed by atoms with van der Waals surface area (Å²) in [4.78, 5) is 15.0. The van der Waals surface area contributed by atoms with Crippen LogP contribution in [0, 0.1) is 11.3 Å². The molecule has 0 aliphatic rings. The van der Waals surface area contributed by atoms with Crippen molar-refractivity contribution >= 4 is 17.7 Å². The molecule has 94 valence electrons. The van der Waals surface area contributed by atoms with E-state index in [0.29, 0.717) is 10.6 Å². The average Bonchev–Trinajstić information content (AvgIpc) is 2.45. The number of benzene rings is 1. The van der Waals surface area contributed by atoms with Crippen LogP contribution in [0.5, 0.6) is 0 Å². The van der Waals surface area contributed by atoms with Gasteiger partial charge < -0.3 is 5.11 Å². The van der Waals surface area contributed by atoms with Gasteiger partial charge in [0.25, 0.3) is 0 Å². The lowest BCUT2D eigenvalue weighted by atomic mass is 10.1. The van der Waals surface area contributed by atoms with Gasteiger partial charge in [-0.25, -0.2) is 4.98 Å². The van der Waals surface area contributed by atoms with E-state index >= 15 is 0 Å². The summed E-state index contributed by atoms with van der Waals surface area (Å²) in [5.74, 6) is -1.04. The van der Waals surface area contributed by atoms with Gasteiger partial charge in [-0.1, -0.05) is 42.1 Å². The van der Waals surface area contributed by atoms with Gasteiger partial charge >= 0.3 is 5.97 Å². The number of nitrogens with zero attached hydrogens (tertiary/aromatic N) is 2. The summed E-state index contributed by atoms with van der Waals surface area (Å²) in [7, 11) is 0. The Kier molecular flexibility index (Phi) is 4.16. The molecule has 0 fully saturated rings. The second-order valence-corrected chi connectivity index (χ2v) is 4.67. The van der Waals surface area contributed by atoms with Crippen LogP contribution >= 0.6 is 11.8 Å². The van der Waals surface area contributed by atoms with Gasteiger partial charge in [0.05, 0.1) is 17.0 Å². The van der Waals surface area contributed by atoms with E-state index in [0.717, 1.165) is 23.0 Å². The molecular formula is C14H10N2O2S. The first-order valence-corrected chi connectivity index (χ1v) is 6.50. The highest BCUT2D eigenvalue weighted by molar-refractivity contribution is 7.99. The fourth-order valence-corrected chi connectivity index (χ4v) is 2.23. The third kappa shape index (κ3) is 3.33. The van der Waals surface area contributed by atoms with Crippen LogP contribution in [0.2, 0.25) is 0 Å². The van der Waals surface area contributed by atoms with Crippen LogP contribution in [0.1, 0.15) is 5.56 Å². The van der Waals surface area contributed by atoms with Crippen molar-refractivity contribution in [3.8, 4) is 17.3 Å². The van der Waals surface area contributed by atoms with Crippen LogP contribution < -0.4 is 0 Å². The predicted molar refractivity (Wildman–Crippen MR) is 72.7 cm³/mol. The Balaban J connectivity index is 2.36. The first kappa shape index (κ1) is 13.1. The molecule has 0 spiro atoms. The lowest BCUT2D eigenvalue weighted by molar-refractivity contribution is -0.133. The second-order valence-electron chi connectivity index (χ2n) is 3.71. The molecular weight excluding hydrogens is 260 g/mol. The van der Waals surface area contributed by atoms with E-state index in [2.05, 4.69) is 4.98 Å². The number of hydrogen-bond acceptors (Lipinski definition) is 4. The first-order chi connectivity index (χ1) is 9.20. The largest absolute Gasteiger partial charge is 0.481 e. The van der Waals surface area contributed by atoms with E-state index in [1.54, 1.807) is 12.1 Å². The van der Waals surface area contributed by atoms with Crippen molar-refractivity contribution in [1.29, 1.82) is 5.26 Å². The molecule has 0 aliphatic carbocycles. The summed E-state index contributed by atoms with van der Waals surface area (Å²) >= 11 is 1.06. The summed E-state index contributed by atoms with van der Waals surface area (Å²) in [6.45, 7) is 0. The van der Waals surface area contributed by atoms with Crippen LogP contribution in [-0.4, -0.2) is 21.8 Å². The minimum Gasteiger partial charge on any atom is -0.481 e. The highest BCUT2D eigenvalue weighted by atomic mass is 32.2. The van der Waals surface area contributed by atoms with Crippen molar-refractivity contribution in [2.24, 2.45) is 0 Å². The zero-order valence-corrected chi connectivity index (χ0v) is 10.7. The molecule has 2 rings (SSSR count). The van der Waals surface area contributed by atoms with Crippen molar-refractivity contribution < 1.29 is 9.90 Å². The van der Waals surface area contributed by atoms with Gasteiger partial charge in [-0.3, -0.25) is 4.79 Å². The normalized spacial score (nSPS) is 9.84. The topological polar surface area (TPSA) is 74.0 Å². The minimum atomic E-state index is -0.930. The maximum atomic E-state index is 10.6. The predicted octanol–water partition coefficient (Wildman–Crippen LogP) is 2.80. The van der Waals surface area contributed by atoms with Crippen LogP contribution in [0.3, 0.4) is 0 Å². The van der Waals surface area contributed by atoms with Crippen molar-refractivity contribution in [2.75, 3.05) is 5.75 Å². The van der Waals surface area contributed by atoms with E-state index in [4.69, 9.17) is 10.4 Å². The Bertz CT molecular complexity index is 636. The van der Waals surface area contributed by atoms with E-state index in [1.165, 1.54) is 0 Å². The summed E-state index contributed by atoms with van der Waals surface area (Å²) in [6.07, 6.45) is 0. The molecule has 1 N–H and O–H groups in total. The molecule has 0 atom stereocenters. The Labute approximate surface area is 114 Å². The number of aromatic nitrogens is 1. The standard InChI is InChI=1S/C14H10N2O2S/c15-8-11-6-7-12(10-4-2-1-3-5-10)16-14(11)19-9-13(17)18/h1-7H,9H2,(H,17,18). The number of pyridine rings is 1. The third-order valence-corrected chi connectivity index (χ3v) is 3.36. The van der Waals surface area contributed by atoms with E-state index < -0.39 is 5.97 Å². The number of hydrogen-bond donors (Lipinski definition) is 1. The fourth-order valence-electron chi connectivity index (χ4n) is 1.54. The van der Waals surface area contributed by atoms with Gasteiger partial charge in [0.2, 0.25) is 0 Å². The molecule has 1 aromatic heterocycles. The second kappa shape index (κ2) is 6.03. The maximum absolute atomic E-state index is 10.6. The van der Waals surface area contributed by atoms with Crippen molar-refractivity contribution in [3.05, 3.63) is 48.0 Å². The van der Waals surface area contributed by atoms with Crippen LogP contribution in [0.4, 0.5) is 0 Å². The summed E-state index contributed by atoms with van der Waals surface area (Å²) in [6, 6.07) is 15.0. The fraction of sp³-hybridized carbons (Fsp3) is 0.0714. The number of carboxylic acid groups (broad SMARTS) is 1. The van der Waals surface area contributed by atoms with E-state index in [-0.39, 0.29) is 5.75 Å². The molecule has 0 unspecified atom stereocenters. The highest BCUT2D eigenvalue weighted by Gasteiger charge is 2.09. The van der Waals surface area contributed by atoms with Crippen LogP contribution in [-0.2, 0) is 4.79 Å². The summed E-state index contributed by atoms with van der Waals surface area (Å²) in [5.41, 5.74) is 2.06.